The third kappa shape index (κ3) is 3.05. The first-order valence-electron chi connectivity index (χ1n) is 6.66. The van der Waals surface area contributed by atoms with Crippen LogP contribution in [-0.4, -0.2) is 22.5 Å². The van der Waals surface area contributed by atoms with Gasteiger partial charge in [-0.2, -0.15) is 0 Å². The zero-order valence-corrected chi connectivity index (χ0v) is 11.8. The Morgan fingerprint density at radius 3 is 2.75 bits per heavy atom. The molecule has 2 atom stereocenters. The second-order valence-electron chi connectivity index (χ2n) is 4.81. The van der Waals surface area contributed by atoms with Crippen LogP contribution in [0.3, 0.4) is 0 Å². The van der Waals surface area contributed by atoms with Crippen LogP contribution < -0.4 is 11.1 Å². The van der Waals surface area contributed by atoms with Gasteiger partial charge >= 0.3 is 0 Å². The topological polar surface area (TPSA) is 72.9 Å². The highest BCUT2D eigenvalue weighted by Crippen LogP contribution is 2.19. The largest absolute Gasteiger partial charge is 0.357 e. The van der Waals surface area contributed by atoms with Crippen molar-refractivity contribution in [3.05, 3.63) is 54.1 Å². The van der Waals surface area contributed by atoms with E-state index in [-0.39, 0.29) is 18.0 Å². The summed E-state index contributed by atoms with van der Waals surface area (Å²) in [5.41, 5.74) is 8.29. The average Bonchev–Trinajstić information content (AvgIpc) is 2.96. The van der Waals surface area contributed by atoms with Gasteiger partial charge in [0.25, 0.3) is 0 Å². The van der Waals surface area contributed by atoms with Crippen molar-refractivity contribution in [3.63, 3.8) is 0 Å². The van der Waals surface area contributed by atoms with Crippen molar-refractivity contribution in [2.45, 2.75) is 25.4 Å². The van der Waals surface area contributed by atoms with Gasteiger partial charge in [-0.05, 0) is 18.9 Å². The number of nitrogens with one attached hydrogen (secondary N) is 1. The molecule has 1 amide bonds. The Morgan fingerprint density at radius 2 is 2.10 bits per heavy atom. The Balaban J connectivity index is 2.17. The second kappa shape index (κ2) is 6.34. The van der Waals surface area contributed by atoms with Gasteiger partial charge in [-0.25, -0.2) is 4.98 Å². The number of hydrogen-bond acceptors (Lipinski definition) is 3. The number of likely N-dealkylation sites (N-methyl/N-ethyl adjacent to an activating group) is 1. The molecule has 0 aliphatic carbocycles. The van der Waals surface area contributed by atoms with E-state index in [1.165, 1.54) is 5.56 Å². The van der Waals surface area contributed by atoms with Gasteiger partial charge in [0.1, 0.15) is 6.04 Å². The predicted octanol–water partition coefficient (Wildman–Crippen LogP) is 1.43. The van der Waals surface area contributed by atoms with Crippen LogP contribution in [0.1, 0.15) is 30.3 Å². The monoisotopic (exact) mass is 272 g/mol. The summed E-state index contributed by atoms with van der Waals surface area (Å²) < 4.78 is 1.83. The summed E-state index contributed by atoms with van der Waals surface area (Å²) >= 11 is 0. The predicted molar refractivity (Wildman–Crippen MR) is 78.1 cm³/mol. The summed E-state index contributed by atoms with van der Waals surface area (Å²) in [7, 11) is 1.62. The second-order valence-corrected chi connectivity index (χ2v) is 4.81. The molecule has 0 fully saturated rings. The molecule has 0 saturated carbocycles. The highest BCUT2D eigenvalue weighted by molar-refractivity contribution is 5.79. The minimum atomic E-state index is -0.320. The van der Waals surface area contributed by atoms with Crippen LogP contribution in [0, 0.1) is 0 Å². The zero-order valence-electron chi connectivity index (χ0n) is 11.8. The van der Waals surface area contributed by atoms with E-state index in [9.17, 15) is 4.79 Å². The highest BCUT2D eigenvalue weighted by atomic mass is 16.2. The lowest BCUT2D eigenvalue weighted by molar-refractivity contribution is -0.123. The first-order valence-corrected chi connectivity index (χ1v) is 6.66. The fraction of sp³-hybridized carbons (Fsp3) is 0.333. The summed E-state index contributed by atoms with van der Waals surface area (Å²) in [6, 6.07) is 9.54. The first-order chi connectivity index (χ1) is 9.63. The molecular formula is C15H20N4O. The molecule has 3 N–H and O–H groups in total. The van der Waals surface area contributed by atoms with E-state index in [4.69, 9.17) is 5.73 Å². The standard InChI is InChI=1S/C15H20N4O/c1-11(15(20)17-2)19-10-18-9-14(19)13(16)8-12-6-4-3-5-7-12/h3-7,9-11,13H,8,16H2,1-2H3,(H,17,20)/t11?,13-/m1/s1. The molecule has 2 rings (SSSR count). The van der Waals surface area contributed by atoms with Crippen molar-refractivity contribution >= 4 is 5.91 Å². The molecule has 0 saturated heterocycles. The maximum Gasteiger partial charge on any atom is 0.242 e. The Morgan fingerprint density at radius 1 is 1.40 bits per heavy atom. The van der Waals surface area contributed by atoms with Gasteiger partial charge in [0.05, 0.1) is 18.1 Å². The van der Waals surface area contributed by atoms with E-state index in [1.54, 1.807) is 19.6 Å². The number of aromatic nitrogens is 2. The summed E-state index contributed by atoms with van der Waals surface area (Å²) in [5, 5.41) is 2.64. The van der Waals surface area contributed by atoms with Crippen LogP contribution in [0.5, 0.6) is 0 Å². The molecule has 0 aliphatic rings. The van der Waals surface area contributed by atoms with E-state index >= 15 is 0 Å². The number of rotatable bonds is 5. The van der Waals surface area contributed by atoms with E-state index in [1.807, 2.05) is 41.8 Å². The van der Waals surface area contributed by atoms with Gasteiger partial charge in [-0.15, -0.1) is 0 Å². The van der Waals surface area contributed by atoms with Crippen LogP contribution in [-0.2, 0) is 11.2 Å². The molecule has 5 nitrogen and oxygen atoms in total. The van der Waals surface area contributed by atoms with Gasteiger partial charge < -0.3 is 15.6 Å². The summed E-state index contributed by atoms with van der Waals surface area (Å²) in [6.45, 7) is 1.83. The maximum absolute atomic E-state index is 11.7. The van der Waals surface area contributed by atoms with Gasteiger partial charge in [0.15, 0.2) is 0 Å². The SMILES string of the molecule is CNC(=O)C(C)n1cncc1[C@H](N)Cc1ccccc1. The Kier molecular flexibility index (Phi) is 4.53. The number of nitrogens with zero attached hydrogens (tertiary/aromatic N) is 2. The summed E-state index contributed by atoms with van der Waals surface area (Å²) in [4.78, 5) is 15.9. The van der Waals surface area contributed by atoms with Crippen LogP contribution in [0.4, 0.5) is 0 Å². The molecule has 106 valence electrons. The van der Waals surface area contributed by atoms with Crippen molar-refractivity contribution in [2.75, 3.05) is 7.05 Å². The van der Waals surface area contributed by atoms with Crippen molar-refractivity contribution in [3.8, 4) is 0 Å². The molecular weight excluding hydrogens is 252 g/mol. The fourth-order valence-electron chi connectivity index (χ4n) is 2.23. The molecule has 1 aromatic heterocycles. The number of nitrogens with two attached hydrogens (primary N) is 1. The number of benzene rings is 1. The molecule has 0 bridgehead atoms. The Labute approximate surface area is 118 Å². The zero-order chi connectivity index (χ0) is 14.5. The first kappa shape index (κ1) is 14.3. The fourth-order valence-corrected chi connectivity index (χ4v) is 2.23. The molecule has 2 aromatic rings. The molecule has 0 aliphatic heterocycles. The molecule has 1 heterocycles. The quantitative estimate of drug-likeness (QED) is 0.865. The van der Waals surface area contributed by atoms with Gasteiger partial charge in [-0.3, -0.25) is 4.79 Å². The summed E-state index contributed by atoms with van der Waals surface area (Å²) in [6.07, 6.45) is 4.10. The lowest BCUT2D eigenvalue weighted by atomic mass is 10.0. The third-order valence-corrected chi connectivity index (χ3v) is 3.42. The van der Waals surface area contributed by atoms with E-state index < -0.39 is 0 Å². The van der Waals surface area contributed by atoms with Crippen molar-refractivity contribution in [1.82, 2.24) is 14.9 Å². The molecule has 1 aromatic carbocycles. The summed E-state index contributed by atoms with van der Waals surface area (Å²) in [5.74, 6) is -0.0591. The normalized spacial score (nSPS) is 13.8. The minimum Gasteiger partial charge on any atom is -0.357 e. The lowest BCUT2D eigenvalue weighted by Gasteiger charge is -2.19. The lowest BCUT2D eigenvalue weighted by Crippen LogP contribution is -2.30. The molecule has 20 heavy (non-hydrogen) atoms. The molecule has 0 radical (unpaired) electrons. The smallest absolute Gasteiger partial charge is 0.242 e. The van der Waals surface area contributed by atoms with Crippen molar-refractivity contribution in [1.29, 1.82) is 0 Å². The average molecular weight is 272 g/mol. The van der Waals surface area contributed by atoms with Crippen LogP contribution in [0.25, 0.3) is 0 Å². The van der Waals surface area contributed by atoms with Crippen molar-refractivity contribution in [2.24, 2.45) is 5.73 Å². The van der Waals surface area contributed by atoms with E-state index in [0.29, 0.717) is 6.42 Å². The Bertz CT molecular complexity index is 564. The van der Waals surface area contributed by atoms with Crippen molar-refractivity contribution < 1.29 is 4.79 Å². The number of carbonyl (C=O) groups excluding carboxylic acids is 1. The number of carbonyl (C=O) groups is 1. The third-order valence-electron chi connectivity index (χ3n) is 3.42. The van der Waals surface area contributed by atoms with E-state index in [2.05, 4.69) is 10.3 Å². The van der Waals surface area contributed by atoms with Gasteiger partial charge in [0.2, 0.25) is 5.91 Å². The van der Waals surface area contributed by atoms with Crippen LogP contribution in [0.2, 0.25) is 0 Å². The van der Waals surface area contributed by atoms with Gasteiger partial charge in [0, 0.05) is 13.2 Å². The van der Waals surface area contributed by atoms with Crippen LogP contribution in [0.15, 0.2) is 42.9 Å². The molecule has 0 spiro atoms. The van der Waals surface area contributed by atoms with Crippen LogP contribution >= 0.6 is 0 Å². The minimum absolute atomic E-state index is 0.0591. The molecule has 1 unspecified atom stereocenters. The van der Waals surface area contributed by atoms with E-state index in [0.717, 1.165) is 5.69 Å². The number of hydrogen-bond donors (Lipinski definition) is 2. The number of imidazole rings is 1. The number of amides is 1. The van der Waals surface area contributed by atoms with Gasteiger partial charge in [-0.1, -0.05) is 30.3 Å². The Hall–Kier alpha value is -2.14. The molecule has 5 heteroatoms. The maximum atomic E-state index is 11.7. The highest BCUT2D eigenvalue weighted by Gasteiger charge is 2.19.